The van der Waals surface area contributed by atoms with E-state index >= 15 is 0 Å². The van der Waals surface area contributed by atoms with Crippen molar-refractivity contribution < 1.29 is 40.1 Å². The molecule has 25 heavy (non-hydrogen) atoms. The number of aryl methyl sites for hydroxylation is 1. The Morgan fingerprint density at radius 3 is 2.36 bits per heavy atom. The first-order valence-electron chi connectivity index (χ1n) is 6.57. The summed E-state index contributed by atoms with van der Waals surface area (Å²) >= 11 is 0. The second kappa shape index (κ2) is 6.36. The molecule has 0 unspecified atom stereocenters. The number of aromatic carboxylic acids is 1. The molecule has 0 aliphatic carbocycles. The van der Waals surface area contributed by atoms with Crippen molar-refractivity contribution in [2.45, 2.75) is 12.4 Å². The molecular formula is C15H10F4O5S. The largest absolute Gasteiger partial charge is 0.534 e. The van der Waals surface area contributed by atoms with E-state index in [-0.39, 0.29) is 22.3 Å². The number of hydrogen-bond donors (Lipinski definition) is 1. The van der Waals surface area contributed by atoms with E-state index in [4.69, 9.17) is 5.11 Å². The van der Waals surface area contributed by atoms with Crippen molar-refractivity contribution in [3.8, 4) is 16.9 Å². The lowest BCUT2D eigenvalue weighted by Crippen LogP contribution is -2.28. The predicted octanol–water partition coefficient (Wildman–Crippen LogP) is 3.73. The van der Waals surface area contributed by atoms with Gasteiger partial charge in [0.05, 0.1) is 5.56 Å². The first-order valence-corrected chi connectivity index (χ1v) is 7.98. The van der Waals surface area contributed by atoms with Crippen molar-refractivity contribution in [2.24, 2.45) is 0 Å². The number of carboxylic acid groups (broad SMARTS) is 1. The number of benzene rings is 2. The Morgan fingerprint density at radius 1 is 1.16 bits per heavy atom. The van der Waals surface area contributed by atoms with Gasteiger partial charge in [-0.2, -0.15) is 21.6 Å². The zero-order chi connectivity index (χ0) is 19.0. The molecule has 134 valence electrons. The topological polar surface area (TPSA) is 80.7 Å². The van der Waals surface area contributed by atoms with Crippen molar-refractivity contribution in [1.29, 1.82) is 0 Å². The number of alkyl halides is 3. The summed E-state index contributed by atoms with van der Waals surface area (Å²) in [5.74, 6) is -3.74. The summed E-state index contributed by atoms with van der Waals surface area (Å²) in [4.78, 5) is 11.0. The molecule has 1 N–H and O–H groups in total. The van der Waals surface area contributed by atoms with Gasteiger partial charge >= 0.3 is 21.6 Å². The molecule has 0 amide bonds. The summed E-state index contributed by atoms with van der Waals surface area (Å²) in [6.07, 6.45) is 0. The van der Waals surface area contributed by atoms with Crippen LogP contribution >= 0.6 is 0 Å². The first kappa shape index (κ1) is 18.7. The van der Waals surface area contributed by atoms with Crippen molar-refractivity contribution in [1.82, 2.24) is 0 Å². The van der Waals surface area contributed by atoms with Crippen LogP contribution in [0.1, 0.15) is 15.9 Å². The fourth-order valence-corrected chi connectivity index (χ4v) is 2.47. The highest BCUT2D eigenvalue weighted by molar-refractivity contribution is 7.88. The van der Waals surface area contributed by atoms with Crippen molar-refractivity contribution in [3.05, 3.63) is 53.3 Å². The van der Waals surface area contributed by atoms with Gasteiger partial charge in [0.15, 0.2) is 11.6 Å². The van der Waals surface area contributed by atoms with E-state index in [1.165, 1.54) is 31.2 Å². The van der Waals surface area contributed by atoms with Crippen LogP contribution in [0.4, 0.5) is 17.6 Å². The molecule has 0 saturated carbocycles. The van der Waals surface area contributed by atoms with E-state index < -0.39 is 33.2 Å². The maximum Gasteiger partial charge on any atom is 0.534 e. The van der Waals surface area contributed by atoms with Crippen molar-refractivity contribution in [3.63, 3.8) is 0 Å². The van der Waals surface area contributed by atoms with Crippen molar-refractivity contribution >= 4 is 16.1 Å². The molecule has 5 nitrogen and oxygen atoms in total. The van der Waals surface area contributed by atoms with Crippen LogP contribution in [-0.2, 0) is 10.1 Å². The Hall–Kier alpha value is -2.62. The van der Waals surface area contributed by atoms with Gasteiger partial charge in [-0.3, -0.25) is 0 Å². The lowest BCUT2D eigenvalue weighted by atomic mass is 10.0. The van der Waals surface area contributed by atoms with Gasteiger partial charge in [-0.15, -0.1) is 0 Å². The molecule has 2 rings (SSSR count). The number of rotatable bonds is 4. The summed E-state index contributed by atoms with van der Waals surface area (Å²) in [6, 6.07) is 7.31. The van der Waals surface area contributed by atoms with Crippen LogP contribution in [0.3, 0.4) is 0 Å². The van der Waals surface area contributed by atoms with Gasteiger partial charge in [-0.25, -0.2) is 9.18 Å². The highest BCUT2D eigenvalue weighted by Gasteiger charge is 2.49. The van der Waals surface area contributed by atoms with E-state index in [0.29, 0.717) is 0 Å². The van der Waals surface area contributed by atoms with E-state index in [1.54, 1.807) is 0 Å². The van der Waals surface area contributed by atoms with Crippen LogP contribution in [0.5, 0.6) is 5.75 Å². The number of hydrogen-bond acceptors (Lipinski definition) is 4. The normalized spacial score (nSPS) is 12.0. The highest BCUT2D eigenvalue weighted by atomic mass is 32.2. The summed E-state index contributed by atoms with van der Waals surface area (Å²) in [6.45, 7) is 1.17. The SMILES string of the molecule is Cc1ccc(-c2cccc(C(=O)O)c2)c(F)c1OS(=O)(=O)C(F)(F)F. The Labute approximate surface area is 139 Å². The zero-order valence-corrected chi connectivity index (χ0v) is 13.3. The maximum atomic E-state index is 14.6. The number of halogens is 4. The highest BCUT2D eigenvalue weighted by Crippen LogP contribution is 2.35. The van der Waals surface area contributed by atoms with Crippen LogP contribution in [-0.4, -0.2) is 25.0 Å². The molecule has 10 heteroatoms. The van der Waals surface area contributed by atoms with Crippen LogP contribution in [0.25, 0.3) is 11.1 Å². The average molecular weight is 378 g/mol. The third-order valence-electron chi connectivity index (χ3n) is 3.19. The first-order chi connectivity index (χ1) is 11.4. The molecule has 0 saturated heterocycles. The third kappa shape index (κ3) is 3.73. The molecule has 0 heterocycles. The minimum Gasteiger partial charge on any atom is -0.478 e. The summed E-state index contributed by atoms with van der Waals surface area (Å²) in [5.41, 5.74) is -6.34. The molecule has 0 aromatic heterocycles. The molecule has 0 radical (unpaired) electrons. The van der Waals surface area contributed by atoms with Crippen LogP contribution in [0.15, 0.2) is 36.4 Å². The molecule has 0 bridgehead atoms. The fraction of sp³-hybridized carbons (Fsp3) is 0.133. The number of carbonyl (C=O) groups is 1. The van der Waals surface area contributed by atoms with Gasteiger partial charge in [-0.05, 0) is 30.2 Å². The third-order valence-corrected chi connectivity index (χ3v) is 4.14. The molecule has 0 spiro atoms. The number of carboxylic acids is 1. The van der Waals surface area contributed by atoms with E-state index in [1.807, 2.05) is 0 Å². The summed E-state index contributed by atoms with van der Waals surface area (Å²) < 4.78 is 78.1. The van der Waals surface area contributed by atoms with E-state index in [2.05, 4.69) is 4.18 Å². The van der Waals surface area contributed by atoms with E-state index in [9.17, 15) is 30.8 Å². The second-order valence-electron chi connectivity index (χ2n) is 4.94. The van der Waals surface area contributed by atoms with Gasteiger partial charge < -0.3 is 9.29 Å². The minimum absolute atomic E-state index is 0.0339. The Bertz CT molecular complexity index is 935. The molecule has 0 aliphatic heterocycles. The fourth-order valence-electron chi connectivity index (χ4n) is 1.95. The standard InChI is InChI=1S/C15H10F4O5S/c1-8-5-6-11(9-3-2-4-10(7-9)14(20)21)12(16)13(8)24-25(22,23)15(17,18)19/h2-7H,1H3,(H,20,21). The Balaban J connectivity index is 2.58. The molecule has 2 aromatic rings. The second-order valence-corrected chi connectivity index (χ2v) is 6.48. The van der Waals surface area contributed by atoms with E-state index in [0.717, 1.165) is 12.1 Å². The average Bonchev–Trinajstić information content (AvgIpc) is 2.50. The van der Waals surface area contributed by atoms with Crippen LogP contribution < -0.4 is 4.18 Å². The molecular weight excluding hydrogens is 368 g/mol. The van der Waals surface area contributed by atoms with Gasteiger partial charge in [0.1, 0.15) is 0 Å². The Morgan fingerprint density at radius 2 is 1.80 bits per heavy atom. The summed E-state index contributed by atoms with van der Waals surface area (Å²) in [5, 5.41) is 8.94. The quantitative estimate of drug-likeness (QED) is 0.498. The molecule has 0 fully saturated rings. The van der Waals surface area contributed by atoms with Gasteiger partial charge in [-0.1, -0.05) is 24.3 Å². The van der Waals surface area contributed by atoms with Crippen molar-refractivity contribution in [2.75, 3.05) is 0 Å². The molecule has 0 atom stereocenters. The van der Waals surface area contributed by atoms with Gasteiger partial charge in [0, 0.05) is 5.56 Å². The Kier molecular flexibility index (Phi) is 4.76. The minimum atomic E-state index is -6.05. The lowest BCUT2D eigenvalue weighted by Gasteiger charge is -2.14. The monoisotopic (exact) mass is 378 g/mol. The zero-order valence-electron chi connectivity index (χ0n) is 12.5. The molecule has 0 aliphatic rings. The van der Waals surface area contributed by atoms with Crippen LogP contribution in [0.2, 0.25) is 0 Å². The predicted molar refractivity (Wildman–Crippen MR) is 79.1 cm³/mol. The van der Waals surface area contributed by atoms with Gasteiger partial charge in [0.2, 0.25) is 0 Å². The molecule has 2 aromatic carbocycles. The smallest absolute Gasteiger partial charge is 0.478 e. The lowest BCUT2D eigenvalue weighted by molar-refractivity contribution is -0.0501. The van der Waals surface area contributed by atoms with Gasteiger partial charge in [0.25, 0.3) is 0 Å². The maximum absolute atomic E-state index is 14.6. The summed E-state index contributed by atoms with van der Waals surface area (Å²) in [7, 11) is -6.05. The van der Waals surface area contributed by atoms with Crippen LogP contribution in [0, 0.1) is 12.7 Å².